The van der Waals surface area contributed by atoms with Crippen molar-refractivity contribution in [1.82, 2.24) is 0 Å². The Bertz CT molecular complexity index is 277. The van der Waals surface area contributed by atoms with Crippen molar-refractivity contribution >= 4 is 5.97 Å². The van der Waals surface area contributed by atoms with Gasteiger partial charge in [0, 0.05) is 6.42 Å². The third-order valence-corrected chi connectivity index (χ3v) is 2.18. The van der Waals surface area contributed by atoms with Gasteiger partial charge in [0.15, 0.2) is 0 Å². The molecule has 1 atom stereocenters. The molecule has 3 nitrogen and oxygen atoms in total. The summed E-state index contributed by atoms with van der Waals surface area (Å²) >= 11 is 0. The second-order valence-corrected chi connectivity index (χ2v) is 3.39. The number of carboxylic acid groups (broad SMARTS) is 1. The maximum Gasteiger partial charge on any atom is 0.310 e. The average molecular weight is 226 g/mol. The fourth-order valence-corrected chi connectivity index (χ4v) is 1.40. The Morgan fingerprint density at radius 1 is 1.56 bits per heavy atom. The number of allylic oxidation sites excluding steroid dienone is 2. The molecule has 1 N–H and O–H groups in total. The molecule has 92 valence electrons. The van der Waals surface area contributed by atoms with Crippen LogP contribution >= 0.6 is 0 Å². The molecule has 1 saturated heterocycles. The number of carbonyl (C=O) groups is 1. The molecule has 0 aromatic rings. The van der Waals surface area contributed by atoms with Crippen molar-refractivity contribution in [3.63, 3.8) is 0 Å². The predicted octanol–water partition coefficient (Wildman–Crippen LogP) is 3.37. The van der Waals surface area contributed by atoms with Crippen LogP contribution in [0.3, 0.4) is 0 Å². The van der Waals surface area contributed by atoms with Crippen LogP contribution < -0.4 is 0 Å². The van der Waals surface area contributed by atoms with E-state index < -0.39 is 11.9 Å². The van der Waals surface area contributed by atoms with Gasteiger partial charge in [-0.25, -0.2) is 0 Å². The SMILES string of the molecule is CC.CC/C=C1/OCC/C1=C/C(C)C(=O)O. The fourth-order valence-electron chi connectivity index (χ4n) is 1.40. The molecule has 0 aromatic heterocycles. The van der Waals surface area contributed by atoms with Crippen molar-refractivity contribution in [2.24, 2.45) is 5.92 Å². The first-order chi connectivity index (χ1) is 7.65. The normalized spacial score (nSPS) is 21.2. The summed E-state index contributed by atoms with van der Waals surface area (Å²) in [5.41, 5.74) is 1.03. The molecule has 0 spiro atoms. The Morgan fingerprint density at radius 3 is 2.69 bits per heavy atom. The highest BCUT2D eigenvalue weighted by Crippen LogP contribution is 2.25. The standard InChI is InChI=1S/C11H16O3.C2H6/c1-3-4-10-9(5-6-14-10)7-8(2)11(12)13;1-2/h4,7-8H,3,5-6H2,1-2H3,(H,12,13);1-2H3/b9-7-,10-4+;. The van der Waals surface area contributed by atoms with Crippen molar-refractivity contribution in [2.45, 2.75) is 40.5 Å². The number of aliphatic carboxylic acids is 1. The smallest absolute Gasteiger partial charge is 0.310 e. The second-order valence-electron chi connectivity index (χ2n) is 3.39. The van der Waals surface area contributed by atoms with Crippen molar-refractivity contribution in [3.8, 4) is 0 Å². The van der Waals surface area contributed by atoms with Crippen LogP contribution in [0.2, 0.25) is 0 Å². The summed E-state index contributed by atoms with van der Waals surface area (Å²) in [4.78, 5) is 10.6. The Kier molecular flexibility index (Phi) is 7.34. The lowest BCUT2D eigenvalue weighted by molar-refractivity contribution is -0.139. The highest BCUT2D eigenvalue weighted by molar-refractivity contribution is 5.72. The molecular weight excluding hydrogens is 204 g/mol. The molecule has 0 amide bonds. The van der Waals surface area contributed by atoms with Crippen LogP contribution in [0.4, 0.5) is 0 Å². The van der Waals surface area contributed by atoms with Crippen LogP contribution in [-0.2, 0) is 9.53 Å². The van der Waals surface area contributed by atoms with Crippen LogP contribution in [-0.4, -0.2) is 17.7 Å². The van der Waals surface area contributed by atoms with Gasteiger partial charge in [-0.15, -0.1) is 0 Å². The molecule has 16 heavy (non-hydrogen) atoms. The molecular formula is C13H22O3. The van der Waals surface area contributed by atoms with E-state index in [4.69, 9.17) is 9.84 Å². The molecule has 0 aliphatic carbocycles. The minimum absolute atomic E-state index is 0.438. The van der Waals surface area contributed by atoms with Crippen LogP contribution in [0, 0.1) is 5.92 Å². The summed E-state index contributed by atoms with van der Waals surface area (Å²) in [5, 5.41) is 8.75. The summed E-state index contributed by atoms with van der Waals surface area (Å²) in [6, 6.07) is 0. The predicted molar refractivity (Wildman–Crippen MR) is 65.2 cm³/mol. The van der Waals surface area contributed by atoms with Gasteiger partial charge in [0.1, 0.15) is 5.76 Å². The lowest BCUT2D eigenvalue weighted by Gasteiger charge is -2.02. The number of ether oxygens (including phenoxy) is 1. The lowest BCUT2D eigenvalue weighted by atomic mass is 10.1. The first kappa shape index (κ1) is 14.8. The lowest BCUT2D eigenvalue weighted by Crippen LogP contribution is -2.06. The quantitative estimate of drug-likeness (QED) is 0.802. The topological polar surface area (TPSA) is 46.5 Å². The van der Waals surface area contributed by atoms with Crippen molar-refractivity contribution in [2.75, 3.05) is 6.61 Å². The van der Waals surface area contributed by atoms with Crippen LogP contribution in [0.5, 0.6) is 0 Å². The number of carboxylic acids is 1. The van der Waals surface area contributed by atoms with E-state index in [9.17, 15) is 4.79 Å². The van der Waals surface area contributed by atoms with E-state index in [-0.39, 0.29) is 0 Å². The summed E-state index contributed by atoms with van der Waals surface area (Å²) in [6.07, 6.45) is 5.50. The van der Waals surface area contributed by atoms with Crippen molar-refractivity contribution in [3.05, 3.63) is 23.5 Å². The zero-order valence-corrected chi connectivity index (χ0v) is 10.6. The maximum absolute atomic E-state index is 10.6. The molecule has 0 saturated carbocycles. The number of rotatable bonds is 3. The maximum atomic E-state index is 10.6. The van der Waals surface area contributed by atoms with Gasteiger partial charge >= 0.3 is 5.97 Å². The van der Waals surface area contributed by atoms with Crippen LogP contribution in [0.1, 0.15) is 40.5 Å². The third kappa shape index (κ3) is 4.51. The molecule has 0 radical (unpaired) electrons. The molecule has 1 rings (SSSR count). The Balaban J connectivity index is 0.00000106. The summed E-state index contributed by atoms with van der Waals surface area (Å²) in [5.74, 6) is -0.368. The summed E-state index contributed by atoms with van der Waals surface area (Å²) in [6.45, 7) is 8.38. The van der Waals surface area contributed by atoms with Gasteiger partial charge in [-0.05, 0) is 25.0 Å². The molecule has 3 heteroatoms. The Hall–Kier alpha value is -1.25. The summed E-state index contributed by atoms with van der Waals surface area (Å²) in [7, 11) is 0. The third-order valence-electron chi connectivity index (χ3n) is 2.18. The van der Waals surface area contributed by atoms with Gasteiger partial charge in [-0.3, -0.25) is 4.79 Å². The highest BCUT2D eigenvalue weighted by atomic mass is 16.5. The van der Waals surface area contributed by atoms with E-state index in [2.05, 4.69) is 0 Å². The monoisotopic (exact) mass is 226 g/mol. The minimum Gasteiger partial charge on any atom is -0.493 e. The molecule has 1 aliphatic heterocycles. The van der Waals surface area contributed by atoms with Gasteiger partial charge < -0.3 is 9.84 Å². The average Bonchev–Trinajstić information content (AvgIpc) is 2.69. The highest BCUT2D eigenvalue weighted by Gasteiger charge is 2.17. The summed E-state index contributed by atoms with van der Waals surface area (Å²) < 4.78 is 5.39. The van der Waals surface area contributed by atoms with Crippen molar-refractivity contribution in [1.29, 1.82) is 0 Å². The Morgan fingerprint density at radius 2 is 2.19 bits per heavy atom. The zero-order chi connectivity index (χ0) is 12.6. The molecule has 1 fully saturated rings. The van der Waals surface area contributed by atoms with E-state index >= 15 is 0 Å². The fraction of sp³-hybridized carbons (Fsp3) is 0.615. The van der Waals surface area contributed by atoms with Crippen molar-refractivity contribution < 1.29 is 14.6 Å². The van der Waals surface area contributed by atoms with Gasteiger partial charge in [0.05, 0.1) is 12.5 Å². The molecule has 1 unspecified atom stereocenters. The van der Waals surface area contributed by atoms with E-state index in [1.54, 1.807) is 13.0 Å². The molecule has 1 heterocycles. The van der Waals surface area contributed by atoms with Gasteiger partial charge in [-0.2, -0.15) is 0 Å². The van der Waals surface area contributed by atoms with E-state index in [0.29, 0.717) is 6.61 Å². The largest absolute Gasteiger partial charge is 0.493 e. The van der Waals surface area contributed by atoms with Crippen LogP contribution in [0.15, 0.2) is 23.5 Å². The number of hydrogen-bond acceptors (Lipinski definition) is 2. The minimum atomic E-state index is -0.791. The van der Waals surface area contributed by atoms with Gasteiger partial charge in [0.25, 0.3) is 0 Å². The first-order valence-corrected chi connectivity index (χ1v) is 5.92. The number of hydrogen-bond donors (Lipinski definition) is 1. The van der Waals surface area contributed by atoms with Gasteiger partial charge in [-0.1, -0.05) is 26.8 Å². The van der Waals surface area contributed by atoms with E-state index in [1.807, 2.05) is 26.8 Å². The molecule has 0 aromatic carbocycles. The van der Waals surface area contributed by atoms with Gasteiger partial charge in [0.2, 0.25) is 0 Å². The zero-order valence-electron chi connectivity index (χ0n) is 10.6. The van der Waals surface area contributed by atoms with E-state index in [0.717, 1.165) is 24.2 Å². The molecule has 0 bridgehead atoms. The second kappa shape index (κ2) is 7.97. The van der Waals surface area contributed by atoms with Crippen LogP contribution in [0.25, 0.3) is 0 Å². The Labute approximate surface area is 97.8 Å². The first-order valence-electron chi connectivity index (χ1n) is 5.92. The molecule has 1 aliphatic rings. The van der Waals surface area contributed by atoms with E-state index in [1.165, 1.54) is 0 Å².